The number of carbonyl (C=O) groups excluding carboxylic acids is 2. The molecule has 0 radical (unpaired) electrons. The molecule has 4 N–H and O–H groups in total. The summed E-state index contributed by atoms with van der Waals surface area (Å²) in [4.78, 5) is 36.9. The average Bonchev–Trinajstić information content (AvgIpc) is 2.55. The van der Waals surface area contributed by atoms with Crippen LogP contribution in [0.15, 0.2) is 4.34 Å². The molecule has 3 amide bonds. The Balaban J connectivity index is 2.55. The highest BCUT2D eigenvalue weighted by Crippen LogP contribution is 2.27. The predicted octanol–water partition coefficient (Wildman–Crippen LogP) is 0.366. The lowest BCUT2D eigenvalue weighted by Crippen LogP contribution is -2.36. The summed E-state index contributed by atoms with van der Waals surface area (Å²) >= 11 is 2.35. The molecule has 0 unspecified atom stereocenters. The van der Waals surface area contributed by atoms with Crippen LogP contribution in [0.1, 0.15) is 10.6 Å². The van der Waals surface area contributed by atoms with Gasteiger partial charge in [-0.25, -0.2) is 9.78 Å². The minimum absolute atomic E-state index is 0.00239. The molecule has 0 spiro atoms. The number of carboxylic acid groups (broad SMARTS) is 1. The van der Waals surface area contributed by atoms with Crippen LogP contribution in [0.5, 0.6) is 0 Å². The summed E-state index contributed by atoms with van der Waals surface area (Å²) < 4.78 is 0.586. The molecule has 7 nitrogen and oxygen atoms in total. The fraction of sp³-hybridized carbons (Fsp3) is 0.333. The second kappa shape index (κ2) is 6.36. The Morgan fingerprint density at radius 2 is 2.17 bits per heavy atom. The molecule has 0 aliphatic heterocycles. The fourth-order valence-corrected chi connectivity index (χ4v) is 3.09. The summed E-state index contributed by atoms with van der Waals surface area (Å²) in [6, 6.07) is -0.900. The van der Waals surface area contributed by atoms with Gasteiger partial charge in [0.2, 0.25) is 5.91 Å². The molecule has 18 heavy (non-hydrogen) atoms. The van der Waals surface area contributed by atoms with E-state index >= 15 is 0 Å². The largest absolute Gasteiger partial charge is 0.481 e. The summed E-state index contributed by atoms with van der Waals surface area (Å²) in [6.07, 6.45) is -0.0858. The lowest BCUT2D eigenvalue weighted by atomic mass is 10.3. The van der Waals surface area contributed by atoms with E-state index in [2.05, 4.69) is 4.98 Å². The maximum Gasteiger partial charge on any atom is 0.318 e. The molecule has 1 heterocycles. The van der Waals surface area contributed by atoms with E-state index in [-0.39, 0.29) is 12.2 Å². The van der Waals surface area contributed by atoms with Crippen LogP contribution in [0.25, 0.3) is 0 Å². The van der Waals surface area contributed by atoms with Crippen molar-refractivity contribution in [2.45, 2.75) is 17.7 Å². The van der Waals surface area contributed by atoms with Gasteiger partial charge in [-0.15, -0.1) is 11.3 Å². The molecular formula is C9H11N3O4S2. The molecule has 0 fully saturated rings. The zero-order valence-corrected chi connectivity index (χ0v) is 11.1. The minimum atomic E-state index is -0.926. The first-order valence-corrected chi connectivity index (χ1v) is 6.59. The number of carboxylic acids is 1. The number of nitrogens with two attached hydrogens (primary N) is 1. The van der Waals surface area contributed by atoms with Gasteiger partial charge in [0.15, 0.2) is 4.34 Å². The van der Waals surface area contributed by atoms with Crippen molar-refractivity contribution < 1.29 is 19.5 Å². The lowest BCUT2D eigenvalue weighted by molar-refractivity contribution is -0.136. The normalized spacial score (nSPS) is 10.1. The number of aryl methyl sites for hydroxylation is 1. The van der Waals surface area contributed by atoms with Gasteiger partial charge in [0.05, 0.1) is 17.9 Å². The number of nitrogens with zero attached hydrogens (tertiary/aromatic N) is 1. The number of carbonyl (C=O) groups is 3. The van der Waals surface area contributed by atoms with Gasteiger partial charge >= 0.3 is 12.0 Å². The molecule has 1 aromatic rings. The highest BCUT2D eigenvalue weighted by Gasteiger charge is 2.13. The Hall–Kier alpha value is -1.61. The van der Waals surface area contributed by atoms with Crippen LogP contribution < -0.4 is 11.1 Å². The number of primary amides is 1. The molecule has 1 rings (SSSR count). The minimum Gasteiger partial charge on any atom is -0.481 e. The summed E-state index contributed by atoms with van der Waals surface area (Å²) in [5.41, 5.74) is 5.43. The Kier molecular flexibility index (Phi) is 5.10. The number of aliphatic carboxylic acids is 1. The monoisotopic (exact) mass is 289 g/mol. The van der Waals surface area contributed by atoms with Crippen molar-refractivity contribution in [3.05, 3.63) is 10.6 Å². The summed E-state index contributed by atoms with van der Waals surface area (Å²) in [7, 11) is 0. The van der Waals surface area contributed by atoms with E-state index in [1.165, 1.54) is 11.3 Å². The average molecular weight is 289 g/mol. The van der Waals surface area contributed by atoms with E-state index in [1.807, 2.05) is 5.32 Å². The maximum atomic E-state index is 11.1. The Morgan fingerprint density at radius 1 is 1.50 bits per heavy atom. The SMILES string of the molecule is Cc1nc(SCC(=O)NC(N)=O)sc1CC(=O)O. The highest BCUT2D eigenvalue weighted by atomic mass is 32.2. The molecule has 0 atom stereocenters. The van der Waals surface area contributed by atoms with Crippen LogP contribution in [0, 0.1) is 6.92 Å². The van der Waals surface area contributed by atoms with Crippen LogP contribution in [-0.2, 0) is 16.0 Å². The molecule has 1 aromatic heterocycles. The van der Waals surface area contributed by atoms with E-state index in [4.69, 9.17) is 10.8 Å². The van der Waals surface area contributed by atoms with Crippen molar-refractivity contribution in [3.8, 4) is 0 Å². The zero-order chi connectivity index (χ0) is 13.7. The first-order valence-electron chi connectivity index (χ1n) is 4.78. The third-order valence-electron chi connectivity index (χ3n) is 1.77. The van der Waals surface area contributed by atoms with Crippen molar-refractivity contribution in [2.75, 3.05) is 5.75 Å². The predicted molar refractivity (Wildman–Crippen MR) is 66.6 cm³/mol. The Morgan fingerprint density at radius 3 is 2.72 bits per heavy atom. The number of thioether (sulfide) groups is 1. The molecule has 0 aliphatic carbocycles. The van der Waals surface area contributed by atoms with Crippen molar-refractivity contribution in [1.29, 1.82) is 0 Å². The zero-order valence-electron chi connectivity index (χ0n) is 9.43. The fourth-order valence-electron chi connectivity index (χ4n) is 1.07. The van der Waals surface area contributed by atoms with E-state index in [0.717, 1.165) is 11.8 Å². The van der Waals surface area contributed by atoms with Crippen molar-refractivity contribution in [2.24, 2.45) is 5.73 Å². The second-order valence-electron chi connectivity index (χ2n) is 3.26. The first-order chi connectivity index (χ1) is 8.38. The quantitative estimate of drug-likeness (QED) is 0.673. The summed E-state index contributed by atoms with van der Waals surface area (Å²) in [5, 5.41) is 10.6. The highest BCUT2D eigenvalue weighted by molar-refractivity contribution is 8.01. The van der Waals surface area contributed by atoms with E-state index in [1.54, 1.807) is 6.92 Å². The smallest absolute Gasteiger partial charge is 0.318 e. The number of rotatable bonds is 5. The number of imide groups is 1. The Labute approximate surface area is 111 Å². The number of hydrogen-bond donors (Lipinski definition) is 3. The molecule has 0 saturated heterocycles. The number of urea groups is 1. The number of thiazole rings is 1. The molecule has 9 heteroatoms. The Bertz CT molecular complexity index is 486. The van der Waals surface area contributed by atoms with Crippen molar-refractivity contribution in [3.63, 3.8) is 0 Å². The molecular weight excluding hydrogens is 278 g/mol. The molecule has 0 bridgehead atoms. The van der Waals surface area contributed by atoms with Gasteiger partial charge in [0.1, 0.15) is 0 Å². The van der Waals surface area contributed by atoms with Gasteiger partial charge in [-0.2, -0.15) is 0 Å². The standard InChI is InChI=1S/C9H11N3O4S2/c1-4-5(2-7(14)15)18-9(11-4)17-3-6(13)12-8(10)16/h2-3H2,1H3,(H,14,15)(H3,10,12,13,16). The summed E-state index contributed by atoms with van der Waals surface area (Å²) in [5.74, 6) is -1.44. The van der Waals surface area contributed by atoms with E-state index in [9.17, 15) is 14.4 Å². The van der Waals surface area contributed by atoms with Crippen LogP contribution in [-0.4, -0.2) is 33.8 Å². The van der Waals surface area contributed by atoms with Crippen molar-refractivity contribution in [1.82, 2.24) is 10.3 Å². The van der Waals surface area contributed by atoms with E-state index < -0.39 is 17.9 Å². The van der Waals surface area contributed by atoms with Crippen LogP contribution in [0.3, 0.4) is 0 Å². The third-order valence-corrected chi connectivity index (χ3v) is 4.07. The molecule has 0 saturated carbocycles. The number of nitrogens with one attached hydrogen (secondary N) is 1. The van der Waals surface area contributed by atoms with Gasteiger partial charge in [-0.05, 0) is 6.92 Å². The lowest BCUT2D eigenvalue weighted by Gasteiger charge is -1.97. The summed E-state index contributed by atoms with van der Waals surface area (Å²) in [6.45, 7) is 1.71. The number of amides is 3. The van der Waals surface area contributed by atoms with Crippen LogP contribution >= 0.6 is 23.1 Å². The van der Waals surface area contributed by atoms with Crippen LogP contribution in [0.2, 0.25) is 0 Å². The molecule has 0 aliphatic rings. The molecule has 0 aromatic carbocycles. The maximum absolute atomic E-state index is 11.1. The van der Waals surface area contributed by atoms with Gasteiger partial charge in [-0.1, -0.05) is 11.8 Å². The number of hydrogen-bond acceptors (Lipinski definition) is 6. The first kappa shape index (κ1) is 14.5. The van der Waals surface area contributed by atoms with Crippen LogP contribution in [0.4, 0.5) is 4.79 Å². The topological polar surface area (TPSA) is 122 Å². The second-order valence-corrected chi connectivity index (χ2v) is 5.57. The van der Waals surface area contributed by atoms with Gasteiger partial charge in [-0.3, -0.25) is 14.9 Å². The molecule has 98 valence electrons. The van der Waals surface area contributed by atoms with E-state index in [0.29, 0.717) is 14.9 Å². The van der Waals surface area contributed by atoms with Gasteiger partial charge in [0, 0.05) is 4.88 Å². The van der Waals surface area contributed by atoms with Gasteiger partial charge < -0.3 is 10.8 Å². The number of aromatic nitrogens is 1. The third kappa shape index (κ3) is 4.72. The van der Waals surface area contributed by atoms with Gasteiger partial charge in [0.25, 0.3) is 0 Å². The van der Waals surface area contributed by atoms with Crippen molar-refractivity contribution >= 4 is 41.0 Å².